The Morgan fingerprint density at radius 3 is 1.90 bits per heavy atom. The van der Waals surface area contributed by atoms with Crippen LogP contribution in [0.25, 0.3) is 0 Å². The second-order valence-corrected chi connectivity index (χ2v) is 7.68. The van der Waals surface area contributed by atoms with Crippen molar-refractivity contribution in [1.29, 1.82) is 0 Å². The molecule has 0 spiro atoms. The third kappa shape index (κ3) is 38.1. The highest BCUT2D eigenvalue weighted by Gasteiger charge is 2.04. The minimum absolute atomic E-state index is 0.243. The molecule has 1 unspecified atom stereocenters. The highest BCUT2D eigenvalue weighted by atomic mass is 31.2. The van der Waals surface area contributed by atoms with Crippen molar-refractivity contribution in [2.45, 2.75) is 84.2 Å². The summed E-state index contributed by atoms with van der Waals surface area (Å²) in [5.74, 6) is 0. The molecule has 0 aliphatic rings. The number of rotatable bonds is 21. The fourth-order valence-corrected chi connectivity index (χ4v) is 2.25. The van der Waals surface area contributed by atoms with Crippen molar-refractivity contribution in [1.82, 2.24) is 0 Å². The first-order valence-electron chi connectivity index (χ1n) is 10.5. The van der Waals surface area contributed by atoms with E-state index in [1.54, 1.807) is 6.92 Å². The highest BCUT2D eigenvalue weighted by Crippen LogP contribution is 2.25. The molecule has 0 amide bonds. The second kappa shape index (κ2) is 24.7. The van der Waals surface area contributed by atoms with Crippen LogP contribution < -0.4 is 0 Å². The van der Waals surface area contributed by atoms with Crippen LogP contribution in [0.3, 0.4) is 0 Å². The molecule has 0 radical (unpaired) electrons. The normalized spacial score (nSPS) is 12.2. The number of hydrogen-bond donors (Lipinski definition) is 3. The van der Waals surface area contributed by atoms with Crippen molar-refractivity contribution in [2.75, 3.05) is 26.4 Å². The maximum atomic E-state index is 8.88. The number of hydrogen-bond acceptors (Lipinski definition) is 7. The Morgan fingerprint density at radius 2 is 1.37 bits per heavy atom. The lowest BCUT2D eigenvalue weighted by Crippen LogP contribution is -2.18. The molecule has 1 atom stereocenters. The molecule has 30 heavy (non-hydrogen) atoms. The van der Waals surface area contributed by atoms with Crippen molar-refractivity contribution >= 4 is 7.82 Å². The van der Waals surface area contributed by atoms with E-state index in [1.165, 1.54) is 57.8 Å². The molecule has 0 aliphatic carbocycles. The summed E-state index contributed by atoms with van der Waals surface area (Å²) in [5, 5.41) is 4.37. The first-order valence-corrected chi connectivity index (χ1v) is 12.1. The number of phosphoric acid groups is 1. The van der Waals surface area contributed by atoms with E-state index in [-0.39, 0.29) is 6.10 Å². The van der Waals surface area contributed by atoms with Crippen LogP contribution in [0.4, 0.5) is 0 Å². The molecule has 0 saturated heterocycles. The lowest BCUT2D eigenvalue weighted by atomic mass is 10.1. The molecule has 0 bridgehead atoms. The molecule has 11 heteroatoms. The van der Waals surface area contributed by atoms with E-state index in [2.05, 4.69) is 23.4 Å². The first-order chi connectivity index (χ1) is 14.3. The van der Waals surface area contributed by atoms with Gasteiger partial charge in [0.15, 0.2) is 0 Å². The predicted octanol–water partition coefficient (Wildman–Crippen LogP) is 4.36. The number of ether oxygens (including phenoxy) is 1. The monoisotopic (exact) mass is 460 g/mol. The van der Waals surface area contributed by atoms with E-state index >= 15 is 0 Å². The Bertz CT molecular complexity index is 383. The summed E-state index contributed by atoms with van der Waals surface area (Å²) in [4.78, 5) is 40.9. The van der Waals surface area contributed by atoms with Gasteiger partial charge in [-0.25, -0.2) is 14.3 Å². The van der Waals surface area contributed by atoms with Gasteiger partial charge in [0.05, 0.1) is 19.8 Å². The third-order valence-corrected chi connectivity index (χ3v) is 3.64. The molecule has 0 aromatic heterocycles. The van der Waals surface area contributed by atoms with Crippen LogP contribution >= 0.6 is 7.82 Å². The Hall–Kier alpha value is -0.550. The highest BCUT2D eigenvalue weighted by molar-refractivity contribution is 7.45. The molecular weight excluding hydrogens is 419 g/mol. The molecule has 0 fully saturated rings. The minimum atomic E-state index is -4.64. The van der Waals surface area contributed by atoms with E-state index in [9.17, 15) is 0 Å². The third-order valence-electron chi connectivity index (χ3n) is 3.64. The lowest BCUT2D eigenvalue weighted by molar-refractivity contribution is -0.505. The van der Waals surface area contributed by atoms with Crippen LogP contribution in [0.5, 0.6) is 0 Å². The van der Waals surface area contributed by atoms with Crippen LogP contribution in [0.15, 0.2) is 12.8 Å². The maximum absolute atomic E-state index is 8.88. The van der Waals surface area contributed by atoms with Gasteiger partial charge in [0, 0.05) is 0 Å². The summed E-state index contributed by atoms with van der Waals surface area (Å²) in [6, 6.07) is 0. The Labute approximate surface area is 180 Å². The van der Waals surface area contributed by atoms with E-state index in [1.807, 2.05) is 0 Å². The zero-order valence-electron chi connectivity index (χ0n) is 18.4. The summed E-state index contributed by atoms with van der Waals surface area (Å²) < 4.78 is 14.2. The van der Waals surface area contributed by atoms with Crippen LogP contribution in [0, 0.1) is 0 Å². The zero-order valence-corrected chi connectivity index (χ0v) is 19.3. The van der Waals surface area contributed by atoms with Crippen molar-refractivity contribution < 1.29 is 48.6 Å². The van der Waals surface area contributed by atoms with Gasteiger partial charge in [0.1, 0.15) is 19.0 Å². The van der Waals surface area contributed by atoms with Gasteiger partial charge >= 0.3 is 7.82 Å². The summed E-state index contributed by atoms with van der Waals surface area (Å²) in [6.45, 7) is 9.23. The summed E-state index contributed by atoms with van der Waals surface area (Å²) in [5.41, 5.74) is 0. The van der Waals surface area contributed by atoms with Crippen molar-refractivity contribution in [2.24, 2.45) is 0 Å². The first kappa shape index (κ1) is 31.6. The van der Waals surface area contributed by atoms with E-state index < -0.39 is 7.82 Å². The summed E-state index contributed by atoms with van der Waals surface area (Å²) in [6.07, 6.45) is 14.0. The van der Waals surface area contributed by atoms with Crippen molar-refractivity contribution in [3.8, 4) is 0 Å². The van der Waals surface area contributed by atoms with Crippen LogP contribution in [0.1, 0.15) is 78.1 Å². The average molecular weight is 461 g/mol. The van der Waals surface area contributed by atoms with Crippen molar-refractivity contribution in [3.63, 3.8) is 0 Å². The van der Waals surface area contributed by atoms with Gasteiger partial charge in [-0.3, -0.25) is 0 Å². The molecule has 0 aliphatic heterocycles. The maximum Gasteiger partial charge on any atom is 0.466 e. The van der Waals surface area contributed by atoms with Gasteiger partial charge in [-0.1, -0.05) is 71.3 Å². The quantitative estimate of drug-likeness (QED) is 0.0746. The Morgan fingerprint density at radius 1 is 0.867 bits per heavy atom. The summed E-state index contributed by atoms with van der Waals surface area (Å²) >= 11 is 0. The van der Waals surface area contributed by atoms with E-state index in [0.717, 1.165) is 12.7 Å². The largest absolute Gasteiger partial charge is 0.466 e. The molecular formula is C19H41O10P. The van der Waals surface area contributed by atoms with Gasteiger partial charge in [-0.15, -0.1) is 0 Å². The van der Waals surface area contributed by atoms with Crippen molar-refractivity contribution in [3.05, 3.63) is 12.8 Å². The van der Waals surface area contributed by atoms with Gasteiger partial charge < -0.3 is 24.3 Å². The number of unbranched alkanes of at least 4 members (excludes halogenated alkanes) is 9. The van der Waals surface area contributed by atoms with E-state index in [0.29, 0.717) is 26.4 Å². The van der Waals surface area contributed by atoms with Gasteiger partial charge in [-0.05, 0) is 18.4 Å². The molecule has 0 saturated carbocycles. The topological polar surface area (TPSA) is 133 Å². The fraction of sp³-hybridized carbons (Fsp3) is 0.895. The van der Waals surface area contributed by atoms with Crippen LogP contribution in [-0.2, 0) is 33.9 Å². The standard InChI is InChI=1S/C19H38O6.H3O4P/c1-4-6-7-8-9-10-11-12-13-14-15-22-23-17-16-20-18-19(3)24-25-21-5-2;1-5(2,3)4/h5,19H,2,4,6-18H2,1,3H3;(H3,1,2,3,4). The SMILES string of the molecule is C=COOOC(C)COCCOOCCCCCCCCCCCC.O=P(O)(O)O. The molecule has 10 nitrogen and oxygen atoms in total. The molecule has 0 aromatic carbocycles. The zero-order chi connectivity index (χ0) is 22.9. The Balaban J connectivity index is 0. The summed E-state index contributed by atoms with van der Waals surface area (Å²) in [7, 11) is -4.64. The lowest BCUT2D eigenvalue weighted by Gasteiger charge is -2.10. The average Bonchev–Trinajstić information content (AvgIpc) is 2.66. The smallest absolute Gasteiger partial charge is 0.376 e. The molecule has 0 rings (SSSR count). The second-order valence-electron chi connectivity index (χ2n) is 6.65. The van der Waals surface area contributed by atoms with Gasteiger partial charge in [0.2, 0.25) is 0 Å². The van der Waals surface area contributed by atoms with E-state index in [4.69, 9.17) is 38.6 Å². The minimum Gasteiger partial charge on any atom is -0.376 e. The molecule has 182 valence electrons. The molecule has 3 N–H and O–H groups in total. The van der Waals surface area contributed by atoms with Crippen LogP contribution in [-0.4, -0.2) is 47.2 Å². The predicted molar refractivity (Wildman–Crippen MR) is 112 cm³/mol. The fourth-order valence-electron chi connectivity index (χ4n) is 2.25. The molecule has 0 heterocycles. The van der Waals surface area contributed by atoms with Gasteiger partial charge in [0.25, 0.3) is 0 Å². The Kier molecular flexibility index (Phi) is 26.1. The van der Waals surface area contributed by atoms with Gasteiger partial charge in [-0.2, -0.15) is 4.89 Å². The molecule has 0 aromatic rings. The van der Waals surface area contributed by atoms with Crippen LogP contribution in [0.2, 0.25) is 0 Å².